The van der Waals surface area contributed by atoms with E-state index in [-0.39, 0.29) is 0 Å². The number of thiazole rings is 1. The highest BCUT2D eigenvalue weighted by Crippen LogP contribution is 2.12. The van der Waals surface area contributed by atoms with Gasteiger partial charge in [0.2, 0.25) is 0 Å². The maximum Gasteiger partial charge on any atom is 0.107 e. The van der Waals surface area contributed by atoms with Crippen LogP contribution in [0.2, 0.25) is 0 Å². The molecule has 0 amide bonds. The zero-order valence-electron chi connectivity index (χ0n) is 8.49. The largest absolute Gasteiger partial charge is 0.383 e. The number of hydrogen-bond acceptors (Lipinski definition) is 4. The molecular formula is C9H15ClN2OS. The summed E-state index contributed by atoms with van der Waals surface area (Å²) in [4.78, 5) is 6.56. The summed E-state index contributed by atoms with van der Waals surface area (Å²) >= 11 is 7.33. The fourth-order valence-electron chi connectivity index (χ4n) is 1.04. The Labute approximate surface area is 93.7 Å². The third-order valence-corrected chi connectivity index (χ3v) is 2.97. The van der Waals surface area contributed by atoms with Crippen molar-refractivity contribution in [2.45, 2.75) is 12.4 Å². The molecular weight excluding hydrogens is 220 g/mol. The van der Waals surface area contributed by atoms with E-state index in [0.29, 0.717) is 5.88 Å². The number of halogens is 1. The van der Waals surface area contributed by atoms with Crippen molar-refractivity contribution in [2.75, 3.05) is 27.3 Å². The van der Waals surface area contributed by atoms with Crippen molar-refractivity contribution in [3.8, 4) is 0 Å². The fraction of sp³-hybridized carbons (Fsp3) is 0.667. The van der Waals surface area contributed by atoms with Crippen molar-refractivity contribution in [1.29, 1.82) is 0 Å². The SMILES string of the molecule is COCCN(C)Cc1nc(CCl)cs1. The van der Waals surface area contributed by atoms with E-state index in [1.165, 1.54) is 0 Å². The molecule has 0 radical (unpaired) electrons. The molecule has 14 heavy (non-hydrogen) atoms. The van der Waals surface area contributed by atoms with Crippen LogP contribution in [0.5, 0.6) is 0 Å². The second-order valence-electron chi connectivity index (χ2n) is 3.10. The average Bonchev–Trinajstić information content (AvgIpc) is 2.62. The molecule has 1 aromatic rings. The van der Waals surface area contributed by atoms with Crippen LogP contribution >= 0.6 is 22.9 Å². The topological polar surface area (TPSA) is 25.4 Å². The Hall–Kier alpha value is -0.160. The molecule has 1 heterocycles. The van der Waals surface area contributed by atoms with E-state index >= 15 is 0 Å². The highest BCUT2D eigenvalue weighted by molar-refractivity contribution is 7.09. The van der Waals surface area contributed by atoms with Gasteiger partial charge in [0.15, 0.2) is 0 Å². The zero-order chi connectivity index (χ0) is 10.4. The van der Waals surface area contributed by atoms with Crippen LogP contribution in [0, 0.1) is 0 Å². The maximum absolute atomic E-state index is 5.67. The van der Waals surface area contributed by atoms with Crippen molar-refractivity contribution in [3.63, 3.8) is 0 Å². The molecule has 0 fully saturated rings. The minimum atomic E-state index is 0.498. The predicted molar refractivity (Wildman–Crippen MR) is 59.9 cm³/mol. The van der Waals surface area contributed by atoms with Crippen LogP contribution in [0.4, 0.5) is 0 Å². The summed E-state index contributed by atoms with van der Waals surface area (Å²) in [5.74, 6) is 0.498. The molecule has 5 heteroatoms. The molecule has 1 aromatic heterocycles. The standard InChI is InChI=1S/C9H15ClN2OS/c1-12(3-4-13-2)6-9-11-8(5-10)7-14-9/h7H,3-6H2,1-2H3. The first-order valence-corrected chi connectivity index (χ1v) is 5.84. The van der Waals surface area contributed by atoms with Crippen molar-refractivity contribution < 1.29 is 4.74 Å². The van der Waals surface area contributed by atoms with Gasteiger partial charge in [0.1, 0.15) is 5.01 Å². The van der Waals surface area contributed by atoms with Crippen LogP contribution in [0.25, 0.3) is 0 Å². The Balaban J connectivity index is 2.35. The van der Waals surface area contributed by atoms with Crippen molar-refractivity contribution in [1.82, 2.24) is 9.88 Å². The lowest BCUT2D eigenvalue weighted by molar-refractivity contribution is 0.158. The Morgan fingerprint density at radius 2 is 2.43 bits per heavy atom. The summed E-state index contributed by atoms with van der Waals surface area (Å²) in [6.07, 6.45) is 0. The molecule has 0 bridgehead atoms. The first-order valence-electron chi connectivity index (χ1n) is 4.43. The van der Waals surface area contributed by atoms with Gasteiger partial charge in [-0.2, -0.15) is 0 Å². The molecule has 0 unspecified atom stereocenters. The van der Waals surface area contributed by atoms with Gasteiger partial charge in [-0.1, -0.05) is 0 Å². The van der Waals surface area contributed by atoms with Crippen LogP contribution in [0.1, 0.15) is 10.7 Å². The molecule has 0 atom stereocenters. The van der Waals surface area contributed by atoms with Gasteiger partial charge >= 0.3 is 0 Å². The molecule has 0 spiro atoms. The summed E-state index contributed by atoms with van der Waals surface area (Å²) in [5, 5.41) is 3.12. The van der Waals surface area contributed by atoms with Crippen LogP contribution in [-0.4, -0.2) is 37.2 Å². The first kappa shape index (κ1) is 11.9. The summed E-state index contributed by atoms with van der Waals surface area (Å²) < 4.78 is 5.00. The smallest absolute Gasteiger partial charge is 0.107 e. The van der Waals surface area contributed by atoms with Gasteiger partial charge in [-0.05, 0) is 7.05 Å². The van der Waals surface area contributed by atoms with Gasteiger partial charge in [0, 0.05) is 19.0 Å². The molecule has 0 aliphatic heterocycles. The summed E-state index contributed by atoms with van der Waals surface area (Å²) in [6, 6.07) is 0. The number of ether oxygens (including phenoxy) is 1. The summed E-state index contributed by atoms with van der Waals surface area (Å²) in [6.45, 7) is 2.54. The third-order valence-electron chi connectivity index (χ3n) is 1.82. The Bertz CT molecular complexity index is 267. The zero-order valence-corrected chi connectivity index (χ0v) is 10.1. The number of hydrogen-bond donors (Lipinski definition) is 0. The molecule has 0 aliphatic rings. The normalized spacial score (nSPS) is 11.1. The fourth-order valence-corrected chi connectivity index (χ4v) is 2.14. The summed E-state index contributed by atoms with van der Waals surface area (Å²) in [7, 11) is 3.77. The number of methoxy groups -OCH3 is 1. The van der Waals surface area contributed by atoms with E-state index < -0.39 is 0 Å². The molecule has 3 nitrogen and oxygen atoms in total. The second-order valence-corrected chi connectivity index (χ2v) is 4.31. The number of aromatic nitrogens is 1. The van der Waals surface area contributed by atoms with Gasteiger partial charge in [-0.3, -0.25) is 4.90 Å². The molecule has 0 aliphatic carbocycles. The number of alkyl halides is 1. The van der Waals surface area contributed by atoms with Gasteiger partial charge in [0.25, 0.3) is 0 Å². The lowest BCUT2D eigenvalue weighted by atomic mass is 10.5. The van der Waals surface area contributed by atoms with Crippen LogP contribution in [-0.2, 0) is 17.2 Å². The van der Waals surface area contributed by atoms with Gasteiger partial charge in [-0.25, -0.2) is 4.98 Å². The van der Waals surface area contributed by atoms with Crippen LogP contribution in [0.15, 0.2) is 5.38 Å². The quantitative estimate of drug-likeness (QED) is 0.704. The minimum Gasteiger partial charge on any atom is -0.383 e. The second kappa shape index (κ2) is 6.35. The molecule has 0 saturated heterocycles. The van der Waals surface area contributed by atoms with Crippen molar-refractivity contribution in [3.05, 3.63) is 16.1 Å². The highest BCUT2D eigenvalue weighted by atomic mass is 35.5. The number of rotatable bonds is 6. The van der Waals surface area contributed by atoms with Gasteiger partial charge in [-0.15, -0.1) is 22.9 Å². The molecule has 1 rings (SSSR count). The Morgan fingerprint density at radius 3 is 3.00 bits per heavy atom. The minimum absolute atomic E-state index is 0.498. The van der Waals surface area contributed by atoms with E-state index in [9.17, 15) is 0 Å². The first-order chi connectivity index (χ1) is 6.76. The Morgan fingerprint density at radius 1 is 1.64 bits per heavy atom. The average molecular weight is 235 g/mol. The van der Waals surface area contributed by atoms with Gasteiger partial charge < -0.3 is 4.74 Å². The van der Waals surface area contributed by atoms with Gasteiger partial charge in [0.05, 0.1) is 24.7 Å². The van der Waals surface area contributed by atoms with Crippen molar-refractivity contribution >= 4 is 22.9 Å². The predicted octanol–water partition coefficient (Wildman–Crippen LogP) is 1.96. The van der Waals surface area contributed by atoms with E-state index in [1.807, 2.05) is 5.38 Å². The lowest BCUT2D eigenvalue weighted by Crippen LogP contribution is -2.22. The van der Waals surface area contributed by atoms with E-state index in [4.69, 9.17) is 16.3 Å². The number of likely N-dealkylation sites (N-methyl/N-ethyl adjacent to an activating group) is 1. The molecule has 0 aromatic carbocycles. The van der Waals surface area contributed by atoms with E-state index in [0.717, 1.165) is 30.4 Å². The van der Waals surface area contributed by atoms with Crippen LogP contribution < -0.4 is 0 Å². The molecule has 0 saturated carbocycles. The lowest BCUT2D eigenvalue weighted by Gasteiger charge is -2.13. The van der Waals surface area contributed by atoms with Crippen molar-refractivity contribution in [2.24, 2.45) is 0 Å². The maximum atomic E-state index is 5.67. The Kier molecular flexibility index (Phi) is 5.40. The van der Waals surface area contributed by atoms with E-state index in [1.54, 1.807) is 18.4 Å². The number of nitrogens with zero attached hydrogens (tertiary/aromatic N) is 2. The van der Waals surface area contributed by atoms with Crippen LogP contribution in [0.3, 0.4) is 0 Å². The molecule has 0 N–H and O–H groups in total. The molecule has 80 valence electrons. The summed E-state index contributed by atoms with van der Waals surface area (Å²) in [5.41, 5.74) is 0.965. The third kappa shape index (κ3) is 3.92. The highest BCUT2D eigenvalue weighted by Gasteiger charge is 2.04. The van der Waals surface area contributed by atoms with E-state index in [2.05, 4.69) is 16.9 Å². The monoisotopic (exact) mass is 234 g/mol.